The number of thiophene rings is 1. The number of hydrogen-bond acceptors (Lipinski definition) is 5. The zero-order valence-electron chi connectivity index (χ0n) is 9.76. The molecule has 0 saturated heterocycles. The van der Waals surface area contributed by atoms with E-state index in [1.807, 2.05) is 0 Å². The van der Waals surface area contributed by atoms with Gasteiger partial charge in [0.25, 0.3) is 0 Å². The van der Waals surface area contributed by atoms with Crippen molar-refractivity contribution in [3.63, 3.8) is 0 Å². The molecule has 7 heteroatoms. The number of carbonyl (C=O) groups excluding carboxylic acids is 2. The van der Waals surface area contributed by atoms with E-state index in [1.165, 1.54) is 18.4 Å². The number of carboxylic acid groups (broad SMARTS) is 1. The van der Waals surface area contributed by atoms with Crippen molar-refractivity contribution in [2.24, 2.45) is 0 Å². The molecule has 6 nitrogen and oxygen atoms in total. The Hall–Kier alpha value is -1.89. The van der Waals surface area contributed by atoms with Gasteiger partial charge in [-0.3, -0.25) is 9.59 Å². The van der Waals surface area contributed by atoms with Crippen LogP contribution in [0.4, 0.5) is 5.00 Å². The molecule has 18 heavy (non-hydrogen) atoms. The van der Waals surface area contributed by atoms with Gasteiger partial charge in [0, 0.05) is 12.8 Å². The third kappa shape index (κ3) is 4.17. The molecule has 0 aliphatic heterocycles. The molecular weight excluding hydrogens is 258 g/mol. The van der Waals surface area contributed by atoms with E-state index in [0.29, 0.717) is 10.6 Å². The number of aliphatic carboxylic acids is 1. The van der Waals surface area contributed by atoms with Crippen molar-refractivity contribution >= 4 is 34.2 Å². The molecule has 1 amide bonds. The first-order chi connectivity index (χ1) is 8.54. The van der Waals surface area contributed by atoms with Gasteiger partial charge >= 0.3 is 11.9 Å². The smallest absolute Gasteiger partial charge is 0.340 e. The minimum absolute atomic E-state index is 0.0538. The summed E-state index contributed by atoms with van der Waals surface area (Å²) in [5.74, 6) is -1.77. The molecule has 0 aliphatic carbocycles. The highest BCUT2D eigenvalue weighted by Gasteiger charge is 2.15. The van der Waals surface area contributed by atoms with Crippen molar-refractivity contribution in [3.05, 3.63) is 17.0 Å². The van der Waals surface area contributed by atoms with Crippen LogP contribution in [0.25, 0.3) is 0 Å². The van der Waals surface area contributed by atoms with Gasteiger partial charge in [0.2, 0.25) is 5.91 Å². The highest BCUT2D eigenvalue weighted by atomic mass is 32.1. The molecule has 0 aromatic carbocycles. The molecule has 0 aliphatic rings. The van der Waals surface area contributed by atoms with E-state index in [1.54, 1.807) is 11.4 Å². The minimum Gasteiger partial charge on any atom is -0.481 e. The number of nitrogens with one attached hydrogen (secondary N) is 1. The second-order valence-electron chi connectivity index (χ2n) is 3.45. The second-order valence-corrected chi connectivity index (χ2v) is 4.37. The Bertz CT molecular complexity index is 454. The van der Waals surface area contributed by atoms with Crippen LogP contribution in [0.15, 0.2) is 11.4 Å². The third-order valence-corrected chi connectivity index (χ3v) is 2.95. The second kappa shape index (κ2) is 6.75. The van der Waals surface area contributed by atoms with Gasteiger partial charge in [-0.2, -0.15) is 0 Å². The quantitative estimate of drug-likeness (QED) is 0.768. The van der Waals surface area contributed by atoms with E-state index in [4.69, 9.17) is 5.11 Å². The summed E-state index contributed by atoms with van der Waals surface area (Å²) < 4.78 is 4.57. The summed E-state index contributed by atoms with van der Waals surface area (Å²) in [5, 5.41) is 13.1. The van der Waals surface area contributed by atoms with E-state index >= 15 is 0 Å². The topological polar surface area (TPSA) is 92.7 Å². The van der Waals surface area contributed by atoms with Crippen LogP contribution in [0.2, 0.25) is 0 Å². The van der Waals surface area contributed by atoms with Crippen LogP contribution in [0, 0.1) is 0 Å². The molecule has 0 spiro atoms. The lowest BCUT2D eigenvalue weighted by Gasteiger charge is -2.04. The van der Waals surface area contributed by atoms with Crippen LogP contribution in [-0.2, 0) is 14.3 Å². The largest absolute Gasteiger partial charge is 0.481 e. The fourth-order valence-electron chi connectivity index (χ4n) is 1.27. The number of ether oxygens (including phenoxy) is 1. The Labute approximate surface area is 108 Å². The molecule has 98 valence electrons. The van der Waals surface area contributed by atoms with Crippen molar-refractivity contribution in [2.45, 2.75) is 19.3 Å². The summed E-state index contributed by atoms with van der Waals surface area (Å²) in [6, 6.07) is 1.56. The highest BCUT2D eigenvalue weighted by Crippen LogP contribution is 2.24. The molecule has 0 atom stereocenters. The molecule has 2 N–H and O–H groups in total. The van der Waals surface area contributed by atoms with Gasteiger partial charge in [-0.15, -0.1) is 11.3 Å². The fraction of sp³-hybridized carbons (Fsp3) is 0.364. The highest BCUT2D eigenvalue weighted by molar-refractivity contribution is 7.14. The summed E-state index contributed by atoms with van der Waals surface area (Å²) in [7, 11) is 1.26. The van der Waals surface area contributed by atoms with E-state index in [0.717, 1.165) is 0 Å². The van der Waals surface area contributed by atoms with Gasteiger partial charge in [0.05, 0.1) is 12.7 Å². The van der Waals surface area contributed by atoms with Crippen molar-refractivity contribution in [1.82, 2.24) is 0 Å². The lowest BCUT2D eigenvalue weighted by molar-refractivity contribution is -0.137. The van der Waals surface area contributed by atoms with Crippen LogP contribution in [0.3, 0.4) is 0 Å². The summed E-state index contributed by atoms with van der Waals surface area (Å²) in [6.45, 7) is 0. The number of methoxy groups -OCH3 is 1. The van der Waals surface area contributed by atoms with Gasteiger partial charge in [0.15, 0.2) is 0 Å². The molecule has 0 bridgehead atoms. The van der Waals surface area contributed by atoms with Crippen LogP contribution in [0.5, 0.6) is 0 Å². The zero-order chi connectivity index (χ0) is 13.5. The van der Waals surface area contributed by atoms with Crippen LogP contribution < -0.4 is 5.32 Å². The Morgan fingerprint density at radius 1 is 1.39 bits per heavy atom. The first-order valence-corrected chi connectivity index (χ1v) is 6.10. The average molecular weight is 271 g/mol. The Morgan fingerprint density at radius 3 is 2.72 bits per heavy atom. The van der Waals surface area contributed by atoms with Gasteiger partial charge in [-0.25, -0.2) is 4.79 Å². The first kappa shape index (κ1) is 14.2. The van der Waals surface area contributed by atoms with Gasteiger partial charge in [-0.1, -0.05) is 0 Å². The number of amides is 1. The summed E-state index contributed by atoms with van der Waals surface area (Å²) in [4.78, 5) is 33.1. The molecule has 0 fully saturated rings. The van der Waals surface area contributed by atoms with E-state index in [-0.39, 0.29) is 25.2 Å². The number of esters is 1. The summed E-state index contributed by atoms with van der Waals surface area (Å²) in [6.07, 6.45) is 0.312. The number of carboxylic acids is 1. The van der Waals surface area contributed by atoms with Crippen molar-refractivity contribution < 1.29 is 24.2 Å². The van der Waals surface area contributed by atoms with E-state index in [2.05, 4.69) is 10.1 Å². The maximum atomic E-state index is 11.5. The van der Waals surface area contributed by atoms with Crippen molar-refractivity contribution in [3.8, 4) is 0 Å². The molecule has 1 aromatic heterocycles. The first-order valence-electron chi connectivity index (χ1n) is 5.22. The molecule has 0 unspecified atom stereocenters. The number of hydrogen-bond donors (Lipinski definition) is 2. The normalized spacial score (nSPS) is 9.83. The molecular formula is C11H13NO5S. The predicted molar refractivity (Wildman–Crippen MR) is 65.8 cm³/mol. The van der Waals surface area contributed by atoms with Crippen molar-refractivity contribution in [2.75, 3.05) is 12.4 Å². The van der Waals surface area contributed by atoms with Crippen molar-refractivity contribution in [1.29, 1.82) is 0 Å². The predicted octanol–water partition coefficient (Wildman–Crippen LogP) is 1.73. The Kier molecular flexibility index (Phi) is 5.31. The standard InChI is InChI=1S/C11H13NO5S/c1-17-11(16)7-5-6-18-10(7)12-8(13)3-2-4-9(14)15/h5-6H,2-4H2,1H3,(H,12,13)(H,14,15). The number of carbonyl (C=O) groups is 3. The SMILES string of the molecule is COC(=O)c1ccsc1NC(=O)CCCC(=O)O. The molecule has 1 aromatic rings. The van der Waals surface area contributed by atoms with E-state index < -0.39 is 11.9 Å². The maximum absolute atomic E-state index is 11.5. The zero-order valence-corrected chi connectivity index (χ0v) is 10.6. The monoisotopic (exact) mass is 271 g/mol. The molecule has 1 rings (SSSR count). The van der Waals surface area contributed by atoms with Crippen LogP contribution >= 0.6 is 11.3 Å². The number of anilines is 1. The van der Waals surface area contributed by atoms with Gasteiger partial charge < -0.3 is 15.2 Å². The molecule has 1 heterocycles. The molecule has 0 saturated carbocycles. The van der Waals surface area contributed by atoms with Gasteiger partial charge in [0.1, 0.15) is 5.00 Å². The number of rotatable bonds is 6. The summed E-state index contributed by atoms with van der Waals surface area (Å²) >= 11 is 1.21. The fourth-order valence-corrected chi connectivity index (χ4v) is 2.06. The van der Waals surface area contributed by atoms with E-state index in [9.17, 15) is 14.4 Å². The minimum atomic E-state index is -0.936. The molecule has 0 radical (unpaired) electrons. The van der Waals surface area contributed by atoms with Crippen LogP contribution in [0.1, 0.15) is 29.6 Å². The Balaban J connectivity index is 2.52. The van der Waals surface area contributed by atoms with Crippen LogP contribution in [-0.4, -0.2) is 30.1 Å². The maximum Gasteiger partial charge on any atom is 0.340 e. The lowest BCUT2D eigenvalue weighted by atomic mass is 10.2. The third-order valence-electron chi connectivity index (χ3n) is 2.12. The summed E-state index contributed by atoms with van der Waals surface area (Å²) in [5.41, 5.74) is 0.300. The Morgan fingerprint density at radius 2 is 2.11 bits per heavy atom. The van der Waals surface area contributed by atoms with Gasteiger partial charge in [-0.05, 0) is 17.9 Å². The average Bonchev–Trinajstić information content (AvgIpc) is 2.75. The lowest BCUT2D eigenvalue weighted by Crippen LogP contribution is -2.13.